The van der Waals surface area contributed by atoms with Crippen LogP contribution < -0.4 is 0 Å². The molecule has 1 atom stereocenters. The monoisotopic (exact) mass is 142 g/mol. The van der Waals surface area contributed by atoms with Crippen LogP contribution in [0.3, 0.4) is 0 Å². The third-order valence-electron chi connectivity index (χ3n) is 0.972. The van der Waals surface area contributed by atoms with Gasteiger partial charge in [0.2, 0.25) is 0 Å². The van der Waals surface area contributed by atoms with Crippen LogP contribution in [0.4, 0.5) is 0 Å². The highest BCUT2D eigenvalue weighted by atomic mass is 14.0. The van der Waals surface area contributed by atoms with Gasteiger partial charge in [0.25, 0.3) is 0 Å². The molecule has 0 radical (unpaired) electrons. The molecule has 0 aromatic rings. The first-order valence-electron chi connectivity index (χ1n) is 4.47. The van der Waals surface area contributed by atoms with Gasteiger partial charge in [-0.1, -0.05) is 53.2 Å². The molecule has 1 unspecified atom stereocenters. The smallest absolute Gasteiger partial charge is 0.0227 e. The zero-order chi connectivity index (χ0) is 8.41. The van der Waals surface area contributed by atoms with Gasteiger partial charge in [-0.05, 0) is 12.3 Å². The Kier molecular flexibility index (Phi) is 14.3. The van der Waals surface area contributed by atoms with E-state index < -0.39 is 0 Å². The summed E-state index contributed by atoms with van der Waals surface area (Å²) in [7, 11) is 0. The molecule has 1 aliphatic carbocycles. The molecule has 1 aliphatic rings. The van der Waals surface area contributed by atoms with Crippen molar-refractivity contribution in [2.24, 2.45) is 5.92 Å². The molecular weight excluding hydrogens is 120 g/mol. The lowest BCUT2D eigenvalue weighted by Gasteiger charge is -2.08. The van der Waals surface area contributed by atoms with Gasteiger partial charge < -0.3 is 0 Å². The van der Waals surface area contributed by atoms with E-state index in [0.29, 0.717) is 0 Å². The first kappa shape index (κ1) is 12.4. The molecule has 0 saturated carbocycles. The summed E-state index contributed by atoms with van der Waals surface area (Å²) in [5.41, 5.74) is 0. The fraction of sp³-hybridized carbons (Fsp3) is 0.800. The van der Waals surface area contributed by atoms with E-state index in [1.165, 1.54) is 12.8 Å². The summed E-state index contributed by atoms with van der Waals surface area (Å²) in [6, 6.07) is 0. The Hall–Kier alpha value is -0.260. The van der Waals surface area contributed by atoms with Crippen LogP contribution in [-0.4, -0.2) is 0 Å². The Balaban J connectivity index is 0. The average Bonchev–Trinajstić information content (AvgIpc) is 1.90. The summed E-state index contributed by atoms with van der Waals surface area (Å²) >= 11 is 0. The maximum Gasteiger partial charge on any atom is -0.0227 e. The first-order valence-corrected chi connectivity index (χ1v) is 4.47. The van der Waals surface area contributed by atoms with Crippen molar-refractivity contribution in [2.75, 3.05) is 0 Å². The molecule has 0 aromatic carbocycles. The molecule has 0 heterocycles. The van der Waals surface area contributed by atoms with Crippen molar-refractivity contribution in [3.05, 3.63) is 12.2 Å². The van der Waals surface area contributed by atoms with Crippen molar-refractivity contribution in [1.29, 1.82) is 0 Å². The van der Waals surface area contributed by atoms with Crippen LogP contribution in [0.5, 0.6) is 0 Å². The number of hydrogen-bond acceptors (Lipinski definition) is 0. The van der Waals surface area contributed by atoms with Crippen LogP contribution in [0, 0.1) is 5.92 Å². The fourth-order valence-electron chi connectivity index (χ4n) is 0.408. The van der Waals surface area contributed by atoms with Gasteiger partial charge in [0.05, 0.1) is 0 Å². The van der Waals surface area contributed by atoms with Crippen molar-refractivity contribution in [2.45, 2.75) is 47.5 Å². The Bertz CT molecular complexity index is 62.4. The van der Waals surface area contributed by atoms with E-state index >= 15 is 0 Å². The highest BCUT2D eigenvalue weighted by Crippen LogP contribution is 2.13. The molecule has 1 rings (SSSR count). The molecule has 0 bridgehead atoms. The second-order valence-corrected chi connectivity index (χ2v) is 2.35. The zero-order valence-electron chi connectivity index (χ0n) is 8.15. The van der Waals surface area contributed by atoms with E-state index in [2.05, 4.69) is 32.9 Å². The van der Waals surface area contributed by atoms with Gasteiger partial charge in [0, 0.05) is 0 Å². The van der Waals surface area contributed by atoms with E-state index in [4.69, 9.17) is 0 Å². The Morgan fingerprint density at radius 2 is 1.50 bits per heavy atom. The molecular formula is C10H22. The predicted molar refractivity (Wildman–Crippen MR) is 50.2 cm³/mol. The number of allylic oxidation sites excluding steroid dienone is 2. The quantitative estimate of drug-likeness (QED) is 0.448. The first-order chi connectivity index (χ1) is 4.81. The highest BCUT2D eigenvalue weighted by molar-refractivity contribution is 4.99. The minimum Gasteiger partial charge on any atom is -0.0877 e. The van der Waals surface area contributed by atoms with Crippen molar-refractivity contribution in [1.82, 2.24) is 0 Å². The van der Waals surface area contributed by atoms with Crippen LogP contribution in [0.15, 0.2) is 12.2 Å². The van der Waals surface area contributed by atoms with E-state index in [0.717, 1.165) is 5.92 Å². The van der Waals surface area contributed by atoms with Gasteiger partial charge in [0.1, 0.15) is 0 Å². The largest absolute Gasteiger partial charge is 0.0877 e. The predicted octanol–water partition coefficient (Wildman–Crippen LogP) is 4.02. The molecule has 0 nitrogen and oxygen atoms in total. The summed E-state index contributed by atoms with van der Waals surface area (Å²) in [6.45, 7) is 10.5. The highest BCUT2D eigenvalue weighted by Gasteiger charge is 1.98. The lowest BCUT2D eigenvalue weighted by Crippen LogP contribution is -1.93. The van der Waals surface area contributed by atoms with Crippen molar-refractivity contribution < 1.29 is 0 Å². The zero-order valence-corrected chi connectivity index (χ0v) is 8.15. The number of hydrogen-bond donors (Lipinski definition) is 0. The van der Waals surface area contributed by atoms with Crippen molar-refractivity contribution in [3.63, 3.8) is 0 Å². The third kappa shape index (κ3) is 10.7. The minimum atomic E-state index is 0.884. The van der Waals surface area contributed by atoms with Gasteiger partial charge in [0.15, 0.2) is 0 Å². The molecule has 0 fully saturated rings. The molecule has 10 heavy (non-hydrogen) atoms. The van der Waals surface area contributed by atoms with Crippen LogP contribution in [0.25, 0.3) is 0 Å². The Labute approximate surface area is 66.3 Å². The second kappa shape index (κ2) is 11.5. The topological polar surface area (TPSA) is 0 Å². The molecule has 0 aliphatic heterocycles. The lowest BCUT2D eigenvalue weighted by atomic mass is 9.98. The Morgan fingerprint density at radius 1 is 1.30 bits per heavy atom. The average molecular weight is 142 g/mol. The van der Waals surface area contributed by atoms with Crippen LogP contribution in [0.2, 0.25) is 0 Å². The van der Waals surface area contributed by atoms with Crippen molar-refractivity contribution in [3.8, 4) is 0 Å². The van der Waals surface area contributed by atoms with Gasteiger partial charge in [-0.25, -0.2) is 0 Å². The van der Waals surface area contributed by atoms with E-state index in [1.54, 1.807) is 0 Å². The number of rotatable bonds is 0. The third-order valence-corrected chi connectivity index (χ3v) is 0.972. The van der Waals surface area contributed by atoms with Gasteiger partial charge in [-0.3, -0.25) is 0 Å². The Morgan fingerprint density at radius 3 is 1.50 bits per heavy atom. The summed E-state index contributed by atoms with van der Waals surface area (Å²) in [6.07, 6.45) is 6.98. The van der Waals surface area contributed by atoms with E-state index in [9.17, 15) is 0 Å². The second-order valence-electron chi connectivity index (χ2n) is 2.35. The molecule has 0 spiro atoms. The van der Waals surface area contributed by atoms with Gasteiger partial charge in [-0.15, -0.1) is 0 Å². The van der Waals surface area contributed by atoms with Gasteiger partial charge in [-0.2, -0.15) is 0 Å². The molecule has 0 aromatic heterocycles. The summed E-state index contributed by atoms with van der Waals surface area (Å²) in [5.74, 6) is 0.884. The van der Waals surface area contributed by atoms with E-state index in [1.807, 2.05) is 13.8 Å². The minimum absolute atomic E-state index is 0.884. The van der Waals surface area contributed by atoms with Crippen LogP contribution >= 0.6 is 0 Å². The van der Waals surface area contributed by atoms with E-state index in [-0.39, 0.29) is 0 Å². The summed E-state index contributed by atoms with van der Waals surface area (Å²) < 4.78 is 0. The summed E-state index contributed by atoms with van der Waals surface area (Å²) in [5, 5.41) is 0. The maximum absolute atomic E-state index is 2.22. The molecule has 0 saturated heterocycles. The molecule has 0 amide bonds. The summed E-state index contributed by atoms with van der Waals surface area (Å²) in [4.78, 5) is 0. The fourth-order valence-corrected chi connectivity index (χ4v) is 0.408. The van der Waals surface area contributed by atoms with Gasteiger partial charge >= 0.3 is 0 Å². The van der Waals surface area contributed by atoms with Crippen molar-refractivity contribution >= 4 is 0 Å². The normalized spacial score (nSPS) is 19.1. The standard InChI is InChI=1S/C5H8.C3H8.C2H6/c1-5-3-2-4-5;1-3-2;1-2/h2-3,5H,4H2,1H3;3H2,1-2H3;1-2H3. The SMILES string of the molecule is CC.CC1C=CC1.CCC. The van der Waals surface area contributed by atoms with Crippen LogP contribution in [0.1, 0.15) is 47.5 Å². The van der Waals surface area contributed by atoms with Crippen LogP contribution in [-0.2, 0) is 0 Å². The molecule has 0 N–H and O–H groups in total. The lowest BCUT2D eigenvalue weighted by molar-refractivity contribution is 0.681. The molecule has 62 valence electrons. The molecule has 0 heteroatoms. The maximum atomic E-state index is 2.22.